The smallest absolute Gasteiger partial charge is 0.279 e. The molecule has 0 saturated carbocycles. The lowest BCUT2D eigenvalue weighted by atomic mass is 9.89. The molecule has 2 aromatic heterocycles. The second kappa shape index (κ2) is 9.28. The van der Waals surface area contributed by atoms with Gasteiger partial charge in [0, 0.05) is 11.4 Å². The van der Waals surface area contributed by atoms with Gasteiger partial charge in [0.1, 0.15) is 6.04 Å². The van der Waals surface area contributed by atoms with Crippen LogP contribution in [0.3, 0.4) is 0 Å². The fourth-order valence-electron chi connectivity index (χ4n) is 4.15. The molecule has 9 heteroatoms. The lowest BCUT2D eigenvalue weighted by Crippen LogP contribution is -2.38. The van der Waals surface area contributed by atoms with Crippen LogP contribution >= 0.6 is 11.3 Å². The first kappa shape index (κ1) is 22.3. The Morgan fingerprint density at radius 3 is 2.84 bits per heavy atom. The van der Waals surface area contributed by atoms with Crippen LogP contribution in [0, 0.1) is 5.92 Å². The van der Waals surface area contributed by atoms with Crippen molar-refractivity contribution in [3.8, 4) is 11.5 Å². The number of benzene rings is 1. The third-order valence-corrected chi connectivity index (χ3v) is 7.19. The van der Waals surface area contributed by atoms with Gasteiger partial charge in [0.25, 0.3) is 5.56 Å². The number of amides is 1. The first-order chi connectivity index (χ1) is 15.4. The van der Waals surface area contributed by atoms with Crippen LogP contribution in [0.4, 0.5) is 0 Å². The monoisotopic (exact) mass is 456 g/mol. The lowest BCUT2D eigenvalue weighted by molar-refractivity contribution is -0.124. The van der Waals surface area contributed by atoms with Gasteiger partial charge in [0.2, 0.25) is 5.91 Å². The van der Waals surface area contributed by atoms with Crippen molar-refractivity contribution in [3.05, 3.63) is 44.6 Å². The summed E-state index contributed by atoms with van der Waals surface area (Å²) >= 11 is 1.56. The molecule has 1 amide bonds. The number of aryl methyl sites for hydroxylation is 1. The topological polar surface area (TPSA) is 95.3 Å². The largest absolute Gasteiger partial charge is 0.493 e. The molecule has 1 N–H and O–H groups in total. The number of carbonyl (C=O) groups excluding carboxylic acids is 1. The first-order valence-corrected chi connectivity index (χ1v) is 11.6. The number of methoxy groups -OCH3 is 2. The summed E-state index contributed by atoms with van der Waals surface area (Å²) in [5, 5.41) is 11.9. The van der Waals surface area contributed by atoms with Gasteiger partial charge in [-0.15, -0.1) is 16.4 Å². The van der Waals surface area contributed by atoms with E-state index < -0.39 is 6.04 Å². The number of hydrogen-bond donors (Lipinski definition) is 1. The normalized spacial score (nSPS) is 16.4. The average Bonchev–Trinajstić information content (AvgIpc) is 3.16. The molecule has 2 unspecified atom stereocenters. The zero-order valence-electron chi connectivity index (χ0n) is 18.8. The van der Waals surface area contributed by atoms with Crippen molar-refractivity contribution in [1.29, 1.82) is 0 Å². The van der Waals surface area contributed by atoms with Gasteiger partial charge in [-0.2, -0.15) is 4.68 Å². The molecule has 0 bridgehead atoms. The van der Waals surface area contributed by atoms with Crippen LogP contribution in [0.25, 0.3) is 10.2 Å². The minimum Gasteiger partial charge on any atom is -0.493 e. The maximum Gasteiger partial charge on any atom is 0.279 e. The average molecular weight is 457 g/mol. The van der Waals surface area contributed by atoms with Gasteiger partial charge in [0.05, 0.1) is 19.6 Å². The summed E-state index contributed by atoms with van der Waals surface area (Å²) in [5.74, 6) is 1.65. The lowest BCUT2D eigenvalue weighted by Gasteiger charge is -2.17. The van der Waals surface area contributed by atoms with Crippen LogP contribution in [0.2, 0.25) is 0 Å². The van der Waals surface area contributed by atoms with Crippen LogP contribution in [-0.2, 0) is 24.1 Å². The third kappa shape index (κ3) is 4.21. The highest BCUT2D eigenvalue weighted by Crippen LogP contribution is 2.35. The molecule has 0 saturated heterocycles. The van der Waals surface area contributed by atoms with Gasteiger partial charge in [-0.3, -0.25) is 9.59 Å². The van der Waals surface area contributed by atoms with E-state index in [1.165, 1.54) is 9.56 Å². The van der Waals surface area contributed by atoms with Crippen LogP contribution in [0.1, 0.15) is 42.3 Å². The molecule has 1 aromatic carbocycles. The molecule has 0 fully saturated rings. The van der Waals surface area contributed by atoms with Gasteiger partial charge in [-0.1, -0.05) is 18.2 Å². The number of ether oxygens (including phenoxy) is 2. The summed E-state index contributed by atoms with van der Waals surface area (Å²) in [5.41, 5.74) is 1.87. The summed E-state index contributed by atoms with van der Waals surface area (Å²) < 4.78 is 11.8. The Morgan fingerprint density at radius 2 is 2.09 bits per heavy atom. The molecule has 3 aromatic rings. The molecule has 8 nitrogen and oxygen atoms in total. The number of hydrogen-bond acceptors (Lipinski definition) is 7. The Bertz CT molecular complexity index is 1200. The molecular formula is C23H28N4O4S. The summed E-state index contributed by atoms with van der Waals surface area (Å²) in [6, 6.07) is 4.91. The Kier molecular flexibility index (Phi) is 6.45. The maximum atomic E-state index is 13.2. The van der Waals surface area contributed by atoms with E-state index in [4.69, 9.17) is 9.47 Å². The Hall–Kier alpha value is -2.94. The number of nitrogens with one attached hydrogen (secondary N) is 1. The highest BCUT2D eigenvalue weighted by molar-refractivity contribution is 7.18. The molecule has 1 aliphatic carbocycles. The first-order valence-electron chi connectivity index (χ1n) is 10.8. The molecule has 4 rings (SSSR count). The fourth-order valence-corrected chi connectivity index (χ4v) is 5.47. The number of thiophene rings is 1. The summed E-state index contributed by atoms with van der Waals surface area (Å²) in [6.07, 6.45) is 3.53. The van der Waals surface area contributed by atoms with Crippen molar-refractivity contribution in [2.24, 2.45) is 5.92 Å². The SMILES string of the molecule is COc1ccc(CCNC(=O)C(C)n2nnc3sc4c(c3c2=O)CCC(C)C4)cc1OC. The fraction of sp³-hybridized carbons (Fsp3) is 0.478. The zero-order chi connectivity index (χ0) is 22.8. The van der Waals surface area contributed by atoms with Crippen LogP contribution in [0.15, 0.2) is 23.0 Å². The van der Waals surface area contributed by atoms with E-state index in [9.17, 15) is 9.59 Å². The molecule has 0 radical (unpaired) electrons. The van der Waals surface area contributed by atoms with Gasteiger partial charge in [-0.25, -0.2) is 0 Å². The quantitative estimate of drug-likeness (QED) is 0.587. The third-order valence-electron chi connectivity index (χ3n) is 6.05. The number of rotatable bonds is 7. The van der Waals surface area contributed by atoms with E-state index >= 15 is 0 Å². The molecule has 0 spiro atoms. The molecule has 32 heavy (non-hydrogen) atoms. The summed E-state index contributed by atoms with van der Waals surface area (Å²) in [6.45, 7) is 4.33. The van der Waals surface area contributed by atoms with Crippen LogP contribution in [0.5, 0.6) is 11.5 Å². The predicted molar refractivity (Wildman–Crippen MR) is 124 cm³/mol. The van der Waals surface area contributed by atoms with Crippen molar-refractivity contribution >= 4 is 27.5 Å². The van der Waals surface area contributed by atoms with E-state index in [1.54, 1.807) is 32.5 Å². The number of fused-ring (bicyclic) bond motifs is 3. The van der Waals surface area contributed by atoms with Crippen LogP contribution < -0.4 is 20.3 Å². The molecule has 2 heterocycles. The molecule has 2 atom stereocenters. The van der Waals surface area contributed by atoms with Gasteiger partial charge in [-0.05, 0) is 61.8 Å². The molecule has 170 valence electrons. The van der Waals surface area contributed by atoms with E-state index in [0.717, 1.165) is 30.4 Å². The standard InChI is InChI=1S/C23H28N4O4S/c1-13-5-7-16-19(11-13)32-22-20(16)23(29)27(26-25-22)14(2)21(28)24-10-9-15-6-8-17(30-3)18(12-15)31-4/h6,8,12-14H,5,7,9-11H2,1-4H3,(H,24,28). The van der Waals surface area contributed by atoms with Gasteiger partial charge in [0.15, 0.2) is 16.3 Å². The van der Waals surface area contributed by atoms with Crippen molar-refractivity contribution < 1.29 is 14.3 Å². The number of carbonyl (C=O) groups is 1. The van der Waals surface area contributed by atoms with E-state index in [0.29, 0.717) is 40.6 Å². The van der Waals surface area contributed by atoms with Crippen molar-refractivity contribution in [3.63, 3.8) is 0 Å². The van der Waals surface area contributed by atoms with E-state index in [2.05, 4.69) is 22.6 Å². The summed E-state index contributed by atoms with van der Waals surface area (Å²) in [4.78, 5) is 27.8. The number of nitrogens with zero attached hydrogens (tertiary/aromatic N) is 3. The second-order valence-electron chi connectivity index (χ2n) is 8.28. The molecule has 0 aliphatic heterocycles. The molecular weight excluding hydrogens is 428 g/mol. The Labute approximate surface area is 190 Å². The van der Waals surface area contributed by atoms with E-state index in [-0.39, 0.29) is 11.5 Å². The minimum absolute atomic E-state index is 0.232. The zero-order valence-corrected chi connectivity index (χ0v) is 19.6. The Morgan fingerprint density at radius 1 is 1.31 bits per heavy atom. The minimum atomic E-state index is -0.747. The highest BCUT2D eigenvalue weighted by atomic mass is 32.1. The van der Waals surface area contributed by atoms with Crippen molar-refractivity contribution in [2.45, 2.75) is 45.6 Å². The summed E-state index contributed by atoms with van der Waals surface area (Å²) in [7, 11) is 3.18. The van der Waals surface area contributed by atoms with Gasteiger partial charge >= 0.3 is 0 Å². The number of aromatic nitrogens is 3. The maximum absolute atomic E-state index is 13.2. The molecule has 1 aliphatic rings. The van der Waals surface area contributed by atoms with Gasteiger partial charge < -0.3 is 14.8 Å². The Balaban J connectivity index is 1.46. The van der Waals surface area contributed by atoms with Crippen LogP contribution in [-0.4, -0.2) is 41.7 Å². The second-order valence-corrected chi connectivity index (χ2v) is 9.36. The predicted octanol–water partition coefficient (Wildman–Crippen LogP) is 2.91. The van der Waals surface area contributed by atoms with E-state index in [1.807, 2.05) is 18.2 Å². The van der Waals surface area contributed by atoms with Crippen molar-refractivity contribution in [2.75, 3.05) is 20.8 Å². The highest BCUT2D eigenvalue weighted by Gasteiger charge is 2.26. The van der Waals surface area contributed by atoms with Crippen molar-refractivity contribution in [1.82, 2.24) is 20.3 Å².